The Morgan fingerprint density at radius 3 is 2.20 bits per heavy atom. The first-order valence-corrected chi connectivity index (χ1v) is 5.07. The van der Waals surface area contributed by atoms with E-state index in [0.717, 1.165) is 5.56 Å². The first kappa shape index (κ1) is 11.7. The molecule has 0 aliphatic heterocycles. The van der Waals surface area contributed by atoms with Crippen molar-refractivity contribution in [3.05, 3.63) is 35.9 Å². The number of carboxylic acid groups (broad SMARTS) is 1. The summed E-state index contributed by atoms with van der Waals surface area (Å²) in [4.78, 5) is 11.0. The third-order valence-corrected chi connectivity index (χ3v) is 2.68. The molecule has 3 heteroatoms. The van der Waals surface area contributed by atoms with Crippen LogP contribution >= 0.6 is 0 Å². The lowest BCUT2D eigenvalue weighted by molar-refractivity contribution is -0.142. The molecule has 3 atom stereocenters. The van der Waals surface area contributed by atoms with Gasteiger partial charge in [-0.1, -0.05) is 37.3 Å². The molecule has 82 valence electrons. The van der Waals surface area contributed by atoms with Crippen LogP contribution in [0, 0.1) is 5.92 Å². The third-order valence-electron chi connectivity index (χ3n) is 2.68. The lowest BCUT2D eigenvalue weighted by Gasteiger charge is -2.24. The van der Waals surface area contributed by atoms with Gasteiger partial charge in [-0.05, 0) is 12.5 Å². The minimum absolute atomic E-state index is 0.135. The number of nitrogens with two attached hydrogens (primary N) is 1. The SMILES string of the molecule is CC(N)C(c1ccccc1)C(C)C(=O)O. The summed E-state index contributed by atoms with van der Waals surface area (Å²) in [6, 6.07) is 9.39. The van der Waals surface area contributed by atoms with E-state index < -0.39 is 11.9 Å². The predicted octanol–water partition coefficient (Wildman–Crippen LogP) is 1.84. The molecule has 0 aliphatic carbocycles. The molecule has 0 amide bonds. The Kier molecular flexibility index (Phi) is 3.86. The van der Waals surface area contributed by atoms with Crippen LogP contribution in [0.4, 0.5) is 0 Å². The van der Waals surface area contributed by atoms with Crippen molar-refractivity contribution in [2.75, 3.05) is 0 Å². The molecule has 1 rings (SSSR count). The summed E-state index contributed by atoms with van der Waals surface area (Å²) in [6.07, 6.45) is 0. The molecule has 3 N–H and O–H groups in total. The third kappa shape index (κ3) is 2.80. The second kappa shape index (κ2) is 4.94. The molecular weight excluding hydrogens is 190 g/mol. The van der Waals surface area contributed by atoms with Gasteiger partial charge in [-0.25, -0.2) is 0 Å². The van der Waals surface area contributed by atoms with E-state index in [2.05, 4.69) is 0 Å². The zero-order valence-electron chi connectivity index (χ0n) is 9.05. The molecule has 0 aromatic heterocycles. The largest absolute Gasteiger partial charge is 0.481 e. The number of carboxylic acids is 1. The van der Waals surface area contributed by atoms with E-state index in [-0.39, 0.29) is 12.0 Å². The Bertz CT molecular complexity index is 322. The molecule has 0 saturated heterocycles. The summed E-state index contributed by atoms with van der Waals surface area (Å²) in [7, 11) is 0. The van der Waals surface area contributed by atoms with Crippen LogP contribution < -0.4 is 5.73 Å². The average molecular weight is 207 g/mol. The van der Waals surface area contributed by atoms with Gasteiger partial charge in [-0.2, -0.15) is 0 Å². The molecule has 3 unspecified atom stereocenters. The highest BCUT2D eigenvalue weighted by atomic mass is 16.4. The van der Waals surface area contributed by atoms with Gasteiger partial charge in [0.05, 0.1) is 5.92 Å². The van der Waals surface area contributed by atoms with Gasteiger partial charge in [0.2, 0.25) is 0 Å². The number of hydrogen-bond donors (Lipinski definition) is 2. The Labute approximate surface area is 89.9 Å². The van der Waals surface area contributed by atoms with Crippen molar-refractivity contribution in [3.8, 4) is 0 Å². The lowest BCUT2D eigenvalue weighted by Crippen LogP contribution is -2.33. The van der Waals surface area contributed by atoms with E-state index in [1.54, 1.807) is 6.92 Å². The van der Waals surface area contributed by atoms with Gasteiger partial charge in [0.1, 0.15) is 0 Å². The van der Waals surface area contributed by atoms with Crippen molar-refractivity contribution >= 4 is 5.97 Å². The highest BCUT2D eigenvalue weighted by Gasteiger charge is 2.27. The van der Waals surface area contributed by atoms with Crippen LogP contribution in [0.2, 0.25) is 0 Å². The zero-order chi connectivity index (χ0) is 11.4. The van der Waals surface area contributed by atoms with Gasteiger partial charge in [-0.3, -0.25) is 4.79 Å². The molecular formula is C12H17NO2. The molecule has 0 saturated carbocycles. The van der Waals surface area contributed by atoms with E-state index in [4.69, 9.17) is 10.8 Å². The van der Waals surface area contributed by atoms with Crippen LogP contribution in [0.5, 0.6) is 0 Å². The van der Waals surface area contributed by atoms with Crippen molar-refractivity contribution in [2.45, 2.75) is 25.8 Å². The van der Waals surface area contributed by atoms with Gasteiger partial charge >= 0.3 is 5.97 Å². The Morgan fingerprint density at radius 2 is 1.80 bits per heavy atom. The number of carbonyl (C=O) groups is 1. The maximum atomic E-state index is 11.0. The van der Waals surface area contributed by atoms with Gasteiger partial charge < -0.3 is 10.8 Å². The van der Waals surface area contributed by atoms with E-state index in [1.165, 1.54) is 0 Å². The lowest BCUT2D eigenvalue weighted by atomic mass is 9.82. The van der Waals surface area contributed by atoms with Crippen LogP contribution in [0.1, 0.15) is 25.3 Å². The van der Waals surface area contributed by atoms with Crippen molar-refractivity contribution in [1.82, 2.24) is 0 Å². The van der Waals surface area contributed by atoms with Crippen LogP contribution in [0.3, 0.4) is 0 Å². The first-order chi connectivity index (χ1) is 7.04. The minimum atomic E-state index is -0.804. The van der Waals surface area contributed by atoms with E-state index in [0.29, 0.717) is 0 Å². The van der Waals surface area contributed by atoms with Crippen LogP contribution in [0.15, 0.2) is 30.3 Å². The van der Waals surface area contributed by atoms with Crippen molar-refractivity contribution in [3.63, 3.8) is 0 Å². The van der Waals surface area contributed by atoms with Crippen molar-refractivity contribution in [1.29, 1.82) is 0 Å². The Balaban J connectivity index is 2.99. The van der Waals surface area contributed by atoms with Gasteiger partial charge in [0, 0.05) is 12.0 Å². The summed E-state index contributed by atoms with van der Waals surface area (Å²) in [5.41, 5.74) is 6.83. The minimum Gasteiger partial charge on any atom is -0.481 e. The van der Waals surface area contributed by atoms with Crippen LogP contribution in [-0.4, -0.2) is 17.1 Å². The Hall–Kier alpha value is -1.35. The molecule has 1 aromatic carbocycles. The molecule has 0 aliphatic rings. The second-order valence-electron chi connectivity index (χ2n) is 3.92. The molecule has 3 nitrogen and oxygen atoms in total. The van der Waals surface area contributed by atoms with Crippen LogP contribution in [-0.2, 0) is 4.79 Å². The maximum Gasteiger partial charge on any atom is 0.306 e. The molecule has 0 fully saturated rings. The predicted molar refractivity (Wildman–Crippen MR) is 59.6 cm³/mol. The fourth-order valence-electron chi connectivity index (χ4n) is 1.88. The van der Waals surface area contributed by atoms with E-state index >= 15 is 0 Å². The van der Waals surface area contributed by atoms with Gasteiger partial charge in [0.25, 0.3) is 0 Å². The summed E-state index contributed by atoms with van der Waals surface area (Å²) in [6.45, 7) is 3.54. The van der Waals surface area contributed by atoms with E-state index in [9.17, 15) is 4.79 Å². The van der Waals surface area contributed by atoms with Crippen LogP contribution in [0.25, 0.3) is 0 Å². The average Bonchev–Trinajstić information content (AvgIpc) is 2.18. The summed E-state index contributed by atoms with van der Waals surface area (Å²) >= 11 is 0. The zero-order valence-corrected chi connectivity index (χ0v) is 9.05. The van der Waals surface area contributed by atoms with Crippen molar-refractivity contribution < 1.29 is 9.90 Å². The van der Waals surface area contributed by atoms with Gasteiger partial charge in [-0.15, -0.1) is 0 Å². The molecule has 1 aromatic rings. The molecule has 0 radical (unpaired) electrons. The smallest absolute Gasteiger partial charge is 0.306 e. The molecule has 0 heterocycles. The highest BCUT2D eigenvalue weighted by Crippen LogP contribution is 2.27. The van der Waals surface area contributed by atoms with Gasteiger partial charge in [0.15, 0.2) is 0 Å². The molecule has 15 heavy (non-hydrogen) atoms. The molecule has 0 bridgehead atoms. The second-order valence-corrected chi connectivity index (χ2v) is 3.92. The number of rotatable bonds is 4. The fourth-order valence-corrected chi connectivity index (χ4v) is 1.88. The number of benzene rings is 1. The summed E-state index contributed by atoms with van der Waals surface area (Å²) in [5.74, 6) is -1.41. The normalized spacial score (nSPS) is 16.7. The standard InChI is InChI=1S/C12H17NO2/c1-8(12(14)15)11(9(2)13)10-6-4-3-5-7-10/h3-9,11H,13H2,1-2H3,(H,14,15). The summed E-state index contributed by atoms with van der Waals surface area (Å²) < 4.78 is 0. The fraction of sp³-hybridized carbons (Fsp3) is 0.417. The topological polar surface area (TPSA) is 63.3 Å². The summed E-state index contributed by atoms with van der Waals surface area (Å²) in [5, 5.41) is 9.01. The van der Waals surface area contributed by atoms with Crippen molar-refractivity contribution in [2.24, 2.45) is 11.7 Å². The maximum absolute atomic E-state index is 11.0. The van der Waals surface area contributed by atoms with E-state index in [1.807, 2.05) is 37.3 Å². The molecule has 0 spiro atoms. The monoisotopic (exact) mass is 207 g/mol. The quantitative estimate of drug-likeness (QED) is 0.791. The number of hydrogen-bond acceptors (Lipinski definition) is 2. The Morgan fingerprint density at radius 1 is 1.27 bits per heavy atom. The first-order valence-electron chi connectivity index (χ1n) is 5.07. The highest BCUT2D eigenvalue weighted by molar-refractivity contribution is 5.71. The number of aliphatic carboxylic acids is 1.